The van der Waals surface area contributed by atoms with Crippen LogP contribution in [0.2, 0.25) is 0 Å². The van der Waals surface area contributed by atoms with E-state index in [1.807, 2.05) is 0 Å². The molecule has 0 bridgehead atoms. The van der Waals surface area contributed by atoms with E-state index in [2.05, 4.69) is 9.97 Å². The van der Waals surface area contributed by atoms with E-state index in [0.717, 1.165) is 18.5 Å². The second-order valence-corrected chi connectivity index (χ2v) is 3.13. The van der Waals surface area contributed by atoms with Crippen molar-refractivity contribution in [1.82, 2.24) is 9.97 Å². The van der Waals surface area contributed by atoms with Gasteiger partial charge in [0.05, 0.1) is 5.56 Å². The monoisotopic (exact) mass is 242 g/mol. The minimum atomic E-state index is -4.48. The number of alkyl halides is 3. The average Bonchev–Trinajstić information content (AvgIpc) is 2.76. The highest BCUT2D eigenvalue weighted by Gasteiger charge is 2.32. The quantitative estimate of drug-likeness (QED) is 0.759. The van der Waals surface area contributed by atoms with E-state index in [1.54, 1.807) is 0 Å². The second kappa shape index (κ2) is 4.00. The van der Waals surface area contributed by atoms with Crippen LogP contribution < -0.4 is 0 Å². The highest BCUT2D eigenvalue weighted by Crippen LogP contribution is 2.28. The maximum atomic E-state index is 12.2. The number of carbonyl (C=O) groups excluding carboxylic acids is 1. The molecule has 0 saturated heterocycles. The van der Waals surface area contributed by atoms with Gasteiger partial charge in [-0.3, -0.25) is 9.78 Å². The summed E-state index contributed by atoms with van der Waals surface area (Å²) in [5.74, 6) is 0.0494. The summed E-state index contributed by atoms with van der Waals surface area (Å²) in [6.07, 6.45) is -1.91. The van der Waals surface area contributed by atoms with Crippen LogP contribution in [0.25, 0.3) is 11.5 Å². The first-order valence-electron chi connectivity index (χ1n) is 4.45. The molecule has 0 amide bonds. The van der Waals surface area contributed by atoms with Crippen molar-refractivity contribution < 1.29 is 22.4 Å². The lowest BCUT2D eigenvalue weighted by molar-refractivity contribution is -0.141. The minimum absolute atomic E-state index is 0.0494. The van der Waals surface area contributed by atoms with Gasteiger partial charge in [-0.1, -0.05) is 0 Å². The average molecular weight is 242 g/mol. The third kappa shape index (κ3) is 2.32. The highest BCUT2D eigenvalue weighted by atomic mass is 19.4. The normalized spacial score (nSPS) is 11.5. The van der Waals surface area contributed by atoms with Gasteiger partial charge in [-0.05, 0) is 12.1 Å². The molecule has 2 heterocycles. The third-order valence-electron chi connectivity index (χ3n) is 1.94. The van der Waals surface area contributed by atoms with Crippen molar-refractivity contribution >= 4 is 6.29 Å². The van der Waals surface area contributed by atoms with Crippen LogP contribution in [0, 0.1) is 0 Å². The molecular weight excluding hydrogens is 237 g/mol. The van der Waals surface area contributed by atoms with E-state index in [1.165, 1.54) is 6.07 Å². The van der Waals surface area contributed by atoms with E-state index in [0.29, 0.717) is 6.29 Å². The van der Waals surface area contributed by atoms with Gasteiger partial charge in [0.25, 0.3) is 0 Å². The largest absolute Gasteiger partial charge is 0.444 e. The van der Waals surface area contributed by atoms with Crippen LogP contribution in [0.1, 0.15) is 16.2 Å². The van der Waals surface area contributed by atoms with E-state index in [4.69, 9.17) is 4.42 Å². The number of rotatable bonds is 2. The molecule has 17 heavy (non-hydrogen) atoms. The molecule has 0 aromatic carbocycles. The number of aldehydes is 1. The second-order valence-electron chi connectivity index (χ2n) is 3.13. The summed E-state index contributed by atoms with van der Waals surface area (Å²) in [5.41, 5.74) is -0.658. The maximum absolute atomic E-state index is 12.2. The van der Waals surface area contributed by atoms with Crippen molar-refractivity contribution in [3.63, 3.8) is 0 Å². The zero-order valence-electron chi connectivity index (χ0n) is 8.23. The Hall–Kier alpha value is -2.18. The molecular formula is C10H5F3N2O2. The van der Waals surface area contributed by atoms with Crippen LogP contribution in [0.15, 0.2) is 29.0 Å². The van der Waals surface area contributed by atoms with E-state index in [-0.39, 0.29) is 17.1 Å². The Morgan fingerprint density at radius 1 is 1.29 bits per heavy atom. The minimum Gasteiger partial charge on any atom is -0.444 e. The predicted octanol–water partition coefficient (Wildman–Crippen LogP) is 2.57. The number of pyridine rings is 1. The topological polar surface area (TPSA) is 56.0 Å². The first-order chi connectivity index (χ1) is 8.00. The molecule has 0 radical (unpaired) electrons. The molecule has 0 N–H and O–H groups in total. The molecule has 0 spiro atoms. The predicted molar refractivity (Wildman–Crippen MR) is 50.1 cm³/mol. The lowest BCUT2D eigenvalue weighted by Gasteiger charge is -2.04. The number of aromatic nitrogens is 2. The molecule has 0 aliphatic rings. The van der Waals surface area contributed by atoms with Gasteiger partial charge < -0.3 is 4.42 Å². The first kappa shape index (κ1) is 11.3. The molecule has 0 saturated carbocycles. The van der Waals surface area contributed by atoms with Crippen LogP contribution >= 0.6 is 0 Å². The number of hydrogen-bond donors (Lipinski definition) is 0. The Bertz CT molecular complexity index is 531. The Kier molecular flexibility index (Phi) is 2.66. The zero-order chi connectivity index (χ0) is 12.5. The molecule has 0 fully saturated rings. The number of hydrogen-bond acceptors (Lipinski definition) is 4. The number of nitrogens with zero attached hydrogens (tertiary/aromatic N) is 2. The van der Waals surface area contributed by atoms with Gasteiger partial charge in [0.15, 0.2) is 6.29 Å². The fraction of sp³-hybridized carbons (Fsp3) is 0.100. The molecule has 2 rings (SSSR count). The summed E-state index contributed by atoms with van der Waals surface area (Å²) in [5, 5.41) is 0. The summed E-state index contributed by atoms with van der Waals surface area (Å²) >= 11 is 0. The van der Waals surface area contributed by atoms with Crippen molar-refractivity contribution in [1.29, 1.82) is 0 Å². The summed E-state index contributed by atoms with van der Waals surface area (Å²) in [6, 6.07) is 2.00. The number of halogens is 3. The zero-order valence-corrected chi connectivity index (χ0v) is 8.23. The van der Waals surface area contributed by atoms with Gasteiger partial charge >= 0.3 is 6.18 Å². The Labute approximate surface area is 93.1 Å². The summed E-state index contributed by atoms with van der Waals surface area (Å²) in [6.45, 7) is 0. The first-order valence-corrected chi connectivity index (χ1v) is 4.45. The van der Waals surface area contributed by atoms with Gasteiger partial charge in [-0.15, -0.1) is 0 Å². The molecule has 88 valence electrons. The van der Waals surface area contributed by atoms with E-state index >= 15 is 0 Å². The van der Waals surface area contributed by atoms with Gasteiger partial charge in [0, 0.05) is 6.20 Å². The van der Waals surface area contributed by atoms with Crippen molar-refractivity contribution in [2.75, 3.05) is 0 Å². The van der Waals surface area contributed by atoms with Gasteiger partial charge in [0.2, 0.25) is 5.89 Å². The van der Waals surface area contributed by atoms with Crippen molar-refractivity contribution in [2.24, 2.45) is 0 Å². The molecule has 2 aromatic rings. The van der Waals surface area contributed by atoms with Crippen molar-refractivity contribution in [3.8, 4) is 11.5 Å². The van der Waals surface area contributed by atoms with Crippen LogP contribution in [0.5, 0.6) is 0 Å². The lowest BCUT2D eigenvalue weighted by Crippen LogP contribution is -2.07. The molecule has 4 nitrogen and oxygen atoms in total. The number of carbonyl (C=O) groups is 1. The highest BCUT2D eigenvalue weighted by molar-refractivity contribution is 5.72. The number of oxazole rings is 1. The maximum Gasteiger partial charge on any atom is 0.433 e. The van der Waals surface area contributed by atoms with E-state index in [9.17, 15) is 18.0 Å². The fourth-order valence-electron chi connectivity index (χ4n) is 1.16. The van der Waals surface area contributed by atoms with Crippen molar-refractivity contribution in [2.45, 2.75) is 6.18 Å². The Morgan fingerprint density at radius 2 is 2.06 bits per heavy atom. The molecule has 0 atom stereocenters. The molecule has 7 heteroatoms. The van der Waals surface area contributed by atoms with Crippen LogP contribution in [0.3, 0.4) is 0 Å². The molecule has 0 aliphatic carbocycles. The molecule has 2 aromatic heterocycles. The smallest absolute Gasteiger partial charge is 0.433 e. The summed E-state index contributed by atoms with van der Waals surface area (Å²) < 4.78 is 41.6. The third-order valence-corrected chi connectivity index (χ3v) is 1.94. The molecule has 0 aliphatic heterocycles. The summed E-state index contributed by atoms with van der Waals surface area (Å²) in [4.78, 5) is 17.3. The Balaban J connectivity index is 2.32. The van der Waals surface area contributed by atoms with Gasteiger partial charge in [-0.25, -0.2) is 4.98 Å². The molecule has 0 unspecified atom stereocenters. The fourth-order valence-corrected chi connectivity index (χ4v) is 1.16. The standard InChI is InChI=1S/C10H5F3N2O2/c11-10(12,13)8-2-1-6(3-14-8)9-15-7(4-16)5-17-9/h1-5H. The Morgan fingerprint density at radius 3 is 2.53 bits per heavy atom. The van der Waals surface area contributed by atoms with Crippen LogP contribution in [-0.2, 0) is 6.18 Å². The summed E-state index contributed by atoms with van der Waals surface area (Å²) in [7, 11) is 0. The van der Waals surface area contributed by atoms with Crippen LogP contribution in [-0.4, -0.2) is 16.3 Å². The SMILES string of the molecule is O=Cc1coc(-c2ccc(C(F)(F)F)nc2)n1. The van der Waals surface area contributed by atoms with Crippen molar-refractivity contribution in [3.05, 3.63) is 36.0 Å². The van der Waals surface area contributed by atoms with E-state index < -0.39 is 11.9 Å². The van der Waals surface area contributed by atoms with Crippen LogP contribution in [0.4, 0.5) is 13.2 Å². The van der Waals surface area contributed by atoms with Gasteiger partial charge in [-0.2, -0.15) is 13.2 Å². The van der Waals surface area contributed by atoms with Gasteiger partial charge in [0.1, 0.15) is 17.7 Å². The lowest BCUT2D eigenvalue weighted by atomic mass is 10.2.